The Morgan fingerprint density at radius 2 is 2.25 bits per heavy atom. The van der Waals surface area contributed by atoms with Crippen molar-refractivity contribution in [1.29, 1.82) is 0 Å². The zero-order chi connectivity index (χ0) is 11.5. The van der Waals surface area contributed by atoms with Gasteiger partial charge in [0.15, 0.2) is 11.6 Å². The van der Waals surface area contributed by atoms with Crippen molar-refractivity contribution in [3.05, 3.63) is 29.6 Å². The van der Waals surface area contributed by atoms with Crippen molar-refractivity contribution in [3.63, 3.8) is 0 Å². The summed E-state index contributed by atoms with van der Waals surface area (Å²) in [5.74, 6) is 0.424. The summed E-state index contributed by atoms with van der Waals surface area (Å²) in [5, 5.41) is 9.94. The van der Waals surface area contributed by atoms with Crippen LogP contribution in [0.3, 0.4) is 0 Å². The van der Waals surface area contributed by atoms with Crippen LogP contribution < -0.4 is 4.74 Å². The third kappa shape index (κ3) is 2.35. The minimum atomic E-state index is -0.550. The highest BCUT2D eigenvalue weighted by molar-refractivity contribution is 5.30. The van der Waals surface area contributed by atoms with Crippen molar-refractivity contribution in [2.75, 3.05) is 7.11 Å². The van der Waals surface area contributed by atoms with Crippen LogP contribution in [0.25, 0.3) is 0 Å². The summed E-state index contributed by atoms with van der Waals surface area (Å²) in [6.07, 6.45) is 3.83. The molecule has 2 rings (SSSR count). The van der Waals surface area contributed by atoms with E-state index >= 15 is 0 Å². The standard InChI is InChI=1S/C13H17FO2/c1-16-13-6-5-10(8-11(13)14)12(15)7-9-3-2-4-9/h5-6,8-9,12,15H,2-4,7H2,1H3. The van der Waals surface area contributed by atoms with Crippen LogP contribution in [0, 0.1) is 11.7 Å². The van der Waals surface area contributed by atoms with Crippen LogP contribution >= 0.6 is 0 Å². The molecule has 1 unspecified atom stereocenters. The Bertz CT molecular complexity index is 361. The smallest absolute Gasteiger partial charge is 0.165 e. The Kier molecular flexibility index (Phi) is 3.44. The van der Waals surface area contributed by atoms with E-state index in [1.54, 1.807) is 12.1 Å². The first kappa shape index (κ1) is 11.4. The Balaban J connectivity index is 2.04. The van der Waals surface area contributed by atoms with Gasteiger partial charge in [0.25, 0.3) is 0 Å². The number of rotatable bonds is 4. The molecular weight excluding hydrogens is 207 g/mol. The lowest BCUT2D eigenvalue weighted by atomic mass is 9.80. The Hall–Kier alpha value is -1.09. The Morgan fingerprint density at radius 1 is 1.50 bits per heavy atom. The lowest BCUT2D eigenvalue weighted by molar-refractivity contribution is 0.118. The van der Waals surface area contributed by atoms with E-state index in [-0.39, 0.29) is 5.75 Å². The van der Waals surface area contributed by atoms with Gasteiger partial charge in [-0.05, 0) is 30.0 Å². The van der Waals surface area contributed by atoms with Gasteiger partial charge >= 0.3 is 0 Å². The molecule has 16 heavy (non-hydrogen) atoms. The third-order valence-electron chi connectivity index (χ3n) is 3.34. The molecule has 1 N–H and O–H groups in total. The number of aliphatic hydroxyl groups excluding tert-OH is 1. The van der Waals surface area contributed by atoms with Crippen LogP contribution in [0.2, 0.25) is 0 Å². The number of hydrogen-bond donors (Lipinski definition) is 1. The Labute approximate surface area is 95.1 Å². The molecule has 1 aliphatic rings. The van der Waals surface area contributed by atoms with Gasteiger partial charge in [-0.1, -0.05) is 25.3 Å². The molecule has 0 amide bonds. The van der Waals surface area contributed by atoms with E-state index in [1.807, 2.05) is 0 Å². The van der Waals surface area contributed by atoms with Crippen LogP contribution in [-0.4, -0.2) is 12.2 Å². The maximum atomic E-state index is 13.4. The first-order valence-electron chi connectivity index (χ1n) is 5.72. The van der Waals surface area contributed by atoms with Crippen molar-refractivity contribution in [2.45, 2.75) is 31.8 Å². The molecule has 0 spiro atoms. The van der Waals surface area contributed by atoms with Crippen molar-refractivity contribution in [3.8, 4) is 5.75 Å². The molecule has 1 aliphatic carbocycles. The van der Waals surface area contributed by atoms with E-state index in [1.165, 1.54) is 32.4 Å². The lowest BCUT2D eigenvalue weighted by Crippen LogP contribution is -2.15. The summed E-state index contributed by atoms with van der Waals surface area (Å²) in [6, 6.07) is 4.65. The molecule has 0 radical (unpaired) electrons. The van der Waals surface area contributed by atoms with Crippen LogP contribution in [0.5, 0.6) is 5.75 Å². The molecule has 1 aromatic carbocycles. The SMILES string of the molecule is COc1ccc(C(O)CC2CCC2)cc1F. The van der Waals surface area contributed by atoms with Crippen LogP contribution in [0.15, 0.2) is 18.2 Å². The maximum Gasteiger partial charge on any atom is 0.165 e. The first-order chi connectivity index (χ1) is 7.70. The summed E-state index contributed by atoms with van der Waals surface area (Å²) < 4.78 is 18.2. The van der Waals surface area contributed by atoms with E-state index in [9.17, 15) is 9.50 Å². The third-order valence-corrected chi connectivity index (χ3v) is 3.34. The van der Waals surface area contributed by atoms with Crippen LogP contribution in [0.4, 0.5) is 4.39 Å². The molecule has 1 saturated carbocycles. The molecular formula is C13H17FO2. The maximum absolute atomic E-state index is 13.4. The fourth-order valence-corrected chi connectivity index (χ4v) is 2.07. The van der Waals surface area contributed by atoms with Crippen molar-refractivity contribution < 1.29 is 14.2 Å². The molecule has 2 nitrogen and oxygen atoms in total. The summed E-state index contributed by atoms with van der Waals surface area (Å²) in [7, 11) is 1.43. The molecule has 1 atom stereocenters. The number of hydrogen-bond acceptors (Lipinski definition) is 2. The highest BCUT2D eigenvalue weighted by Crippen LogP contribution is 2.35. The molecule has 3 heteroatoms. The van der Waals surface area contributed by atoms with E-state index in [0.717, 1.165) is 6.42 Å². The Morgan fingerprint density at radius 3 is 2.75 bits per heavy atom. The van der Waals surface area contributed by atoms with E-state index in [4.69, 9.17) is 4.74 Å². The monoisotopic (exact) mass is 224 g/mol. The van der Waals surface area contributed by atoms with E-state index < -0.39 is 11.9 Å². The van der Waals surface area contributed by atoms with Gasteiger partial charge in [-0.2, -0.15) is 0 Å². The molecule has 1 fully saturated rings. The molecule has 0 aromatic heterocycles. The zero-order valence-electron chi connectivity index (χ0n) is 9.45. The number of aliphatic hydroxyl groups is 1. The van der Waals surface area contributed by atoms with Gasteiger partial charge in [0.1, 0.15) is 0 Å². The fraction of sp³-hybridized carbons (Fsp3) is 0.538. The molecule has 0 saturated heterocycles. The highest BCUT2D eigenvalue weighted by Gasteiger charge is 2.22. The zero-order valence-corrected chi connectivity index (χ0v) is 9.45. The van der Waals surface area contributed by atoms with E-state index in [2.05, 4.69) is 0 Å². The molecule has 0 heterocycles. The number of ether oxygens (including phenoxy) is 1. The normalized spacial score (nSPS) is 17.9. The van der Waals surface area contributed by atoms with Gasteiger partial charge in [0.05, 0.1) is 13.2 Å². The van der Waals surface area contributed by atoms with Crippen molar-refractivity contribution >= 4 is 0 Å². The van der Waals surface area contributed by atoms with Gasteiger partial charge in [-0.15, -0.1) is 0 Å². The quantitative estimate of drug-likeness (QED) is 0.851. The summed E-state index contributed by atoms with van der Waals surface area (Å²) in [6.45, 7) is 0. The second kappa shape index (κ2) is 4.83. The summed E-state index contributed by atoms with van der Waals surface area (Å²) >= 11 is 0. The highest BCUT2D eigenvalue weighted by atomic mass is 19.1. The van der Waals surface area contributed by atoms with Crippen LogP contribution in [-0.2, 0) is 0 Å². The van der Waals surface area contributed by atoms with E-state index in [0.29, 0.717) is 11.5 Å². The molecule has 0 aliphatic heterocycles. The fourth-order valence-electron chi connectivity index (χ4n) is 2.07. The minimum Gasteiger partial charge on any atom is -0.494 e. The average molecular weight is 224 g/mol. The van der Waals surface area contributed by atoms with Crippen molar-refractivity contribution in [2.24, 2.45) is 5.92 Å². The predicted octanol–water partition coefficient (Wildman–Crippen LogP) is 3.06. The predicted molar refractivity (Wildman–Crippen MR) is 59.9 cm³/mol. The first-order valence-corrected chi connectivity index (χ1v) is 5.72. The lowest BCUT2D eigenvalue weighted by Gasteiger charge is -2.27. The topological polar surface area (TPSA) is 29.5 Å². The van der Waals surface area contributed by atoms with Gasteiger partial charge in [0, 0.05) is 0 Å². The number of benzene rings is 1. The van der Waals surface area contributed by atoms with Gasteiger partial charge in [-0.3, -0.25) is 0 Å². The minimum absolute atomic E-state index is 0.222. The summed E-state index contributed by atoms with van der Waals surface area (Å²) in [5.41, 5.74) is 0.644. The molecule has 1 aromatic rings. The second-order valence-electron chi connectivity index (χ2n) is 4.44. The van der Waals surface area contributed by atoms with Gasteiger partial charge in [0.2, 0.25) is 0 Å². The van der Waals surface area contributed by atoms with Gasteiger partial charge in [-0.25, -0.2) is 4.39 Å². The summed E-state index contributed by atoms with van der Waals surface area (Å²) in [4.78, 5) is 0. The van der Waals surface area contributed by atoms with Crippen molar-refractivity contribution in [1.82, 2.24) is 0 Å². The number of halogens is 1. The molecule has 88 valence electrons. The van der Waals surface area contributed by atoms with Gasteiger partial charge < -0.3 is 9.84 Å². The molecule has 0 bridgehead atoms. The second-order valence-corrected chi connectivity index (χ2v) is 4.44. The average Bonchev–Trinajstić information content (AvgIpc) is 2.23. The van der Waals surface area contributed by atoms with Crippen LogP contribution in [0.1, 0.15) is 37.4 Å². The largest absolute Gasteiger partial charge is 0.494 e. The number of methoxy groups -OCH3 is 1.